The zero-order valence-electron chi connectivity index (χ0n) is 4.82. The first-order valence-corrected chi connectivity index (χ1v) is 3.27. The Morgan fingerprint density at radius 1 is 1.44 bits per heavy atom. The third-order valence-corrected chi connectivity index (χ3v) is 1.93. The highest BCUT2D eigenvalue weighted by molar-refractivity contribution is 6.32. The second-order valence-corrected chi connectivity index (χ2v) is 2.53. The van der Waals surface area contributed by atoms with E-state index in [2.05, 4.69) is 5.32 Å². The number of hydrogen-bond donors (Lipinski definition) is 1. The Bertz CT molecular complexity index is 230. The average molecular weight is 140 g/mol. The topological polar surface area (TPSA) is 12.0 Å². The summed E-state index contributed by atoms with van der Waals surface area (Å²) < 4.78 is 0. The molecule has 0 atom stereocenters. The third-order valence-electron chi connectivity index (χ3n) is 1.57. The van der Waals surface area contributed by atoms with Crippen LogP contribution in [0.5, 0.6) is 0 Å². The minimum Gasteiger partial charge on any atom is -0.381 e. The number of hydrogen-bond acceptors (Lipinski definition) is 1. The molecule has 0 bridgehead atoms. The number of benzene rings is 1. The van der Waals surface area contributed by atoms with Crippen LogP contribution in [-0.2, 0) is 6.54 Å². The first kappa shape index (κ1) is 5.12. The number of nitrogens with one attached hydrogen (secondary N) is 1. The summed E-state index contributed by atoms with van der Waals surface area (Å²) in [6.45, 7) is 0.926. The standard InChI is InChI=1S/C7H6ClN/c8-6-2-1-3-7-5(6)4-9-7/h1-3,9H,4H2. The van der Waals surface area contributed by atoms with Crippen molar-refractivity contribution < 1.29 is 0 Å². The number of fused-ring (bicyclic) bond motifs is 1. The second-order valence-electron chi connectivity index (χ2n) is 2.12. The fourth-order valence-electron chi connectivity index (χ4n) is 0.981. The molecule has 0 saturated heterocycles. The van der Waals surface area contributed by atoms with Crippen LogP contribution in [-0.4, -0.2) is 0 Å². The third kappa shape index (κ3) is 0.615. The Morgan fingerprint density at radius 3 is 2.78 bits per heavy atom. The largest absolute Gasteiger partial charge is 0.381 e. The summed E-state index contributed by atoms with van der Waals surface area (Å²) in [5, 5.41) is 4.03. The lowest BCUT2D eigenvalue weighted by atomic mass is 10.1. The molecule has 0 unspecified atom stereocenters. The number of rotatable bonds is 0. The van der Waals surface area contributed by atoms with Crippen LogP contribution in [0.3, 0.4) is 0 Å². The van der Waals surface area contributed by atoms with Gasteiger partial charge in [0.1, 0.15) is 0 Å². The van der Waals surface area contributed by atoms with Gasteiger partial charge < -0.3 is 5.32 Å². The quantitative estimate of drug-likeness (QED) is 0.582. The first-order valence-electron chi connectivity index (χ1n) is 2.89. The van der Waals surface area contributed by atoms with E-state index in [4.69, 9.17) is 11.6 Å². The monoisotopic (exact) mass is 139 g/mol. The van der Waals surface area contributed by atoms with Gasteiger partial charge in [0.2, 0.25) is 0 Å². The van der Waals surface area contributed by atoms with Crippen molar-refractivity contribution in [2.24, 2.45) is 0 Å². The maximum Gasteiger partial charge on any atom is 0.0476 e. The van der Waals surface area contributed by atoms with Gasteiger partial charge in [-0.2, -0.15) is 0 Å². The highest BCUT2D eigenvalue weighted by Crippen LogP contribution is 2.31. The molecule has 2 rings (SSSR count). The fraction of sp³-hybridized carbons (Fsp3) is 0.143. The summed E-state index contributed by atoms with van der Waals surface area (Å²) in [4.78, 5) is 0. The van der Waals surface area contributed by atoms with Crippen molar-refractivity contribution in [2.75, 3.05) is 5.32 Å². The molecule has 0 fully saturated rings. The molecule has 1 heterocycles. The van der Waals surface area contributed by atoms with E-state index in [0.717, 1.165) is 11.6 Å². The van der Waals surface area contributed by atoms with Crippen LogP contribution in [0.25, 0.3) is 0 Å². The molecule has 46 valence electrons. The molecule has 1 nitrogen and oxygen atoms in total. The molecule has 1 aliphatic rings. The van der Waals surface area contributed by atoms with Gasteiger partial charge in [-0.25, -0.2) is 0 Å². The van der Waals surface area contributed by atoms with Crippen molar-refractivity contribution in [3.63, 3.8) is 0 Å². The lowest BCUT2D eigenvalue weighted by Gasteiger charge is -2.21. The molecule has 1 aromatic rings. The van der Waals surface area contributed by atoms with Gasteiger partial charge in [-0.05, 0) is 12.1 Å². The molecule has 0 aliphatic carbocycles. The Balaban J connectivity index is 2.64. The summed E-state index contributed by atoms with van der Waals surface area (Å²) in [5.74, 6) is 0. The molecule has 0 aromatic heterocycles. The zero-order valence-corrected chi connectivity index (χ0v) is 5.57. The zero-order chi connectivity index (χ0) is 6.27. The van der Waals surface area contributed by atoms with E-state index in [-0.39, 0.29) is 0 Å². The van der Waals surface area contributed by atoms with Crippen LogP contribution < -0.4 is 5.32 Å². The van der Waals surface area contributed by atoms with Gasteiger partial charge in [0.05, 0.1) is 0 Å². The van der Waals surface area contributed by atoms with Gasteiger partial charge in [0, 0.05) is 22.8 Å². The van der Waals surface area contributed by atoms with Crippen molar-refractivity contribution in [2.45, 2.75) is 6.54 Å². The van der Waals surface area contributed by atoms with Gasteiger partial charge >= 0.3 is 0 Å². The van der Waals surface area contributed by atoms with Gasteiger partial charge in [0.25, 0.3) is 0 Å². The first-order chi connectivity index (χ1) is 4.38. The van der Waals surface area contributed by atoms with Crippen molar-refractivity contribution in [1.82, 2.24) is 0 Å². The maximum absolute atomic E-state index is 5.83. The minimum absolute atomic E-state index is 0.881. The van der Waals surface area contributed by atoms with E-state index in [1.807, 2.05) is 18.2 Å². The van der Waals surface area contributed by atoms with Crippen LogP contribution >= 0.6 is 11.6 Å². The van der Waals surface area contributed by atoms with E-state index in [0.29, 0.717) is 0 Å². The molecule has 1 aromatic carbocycles. The van der Waals surface area contributed by atoms with Crippen molar-refractivity contribution in [3.8, 4) is 0 Å². The Labute approximate surface area is 58.6 Å². The summed E-state index contributed by atoms with van der Waals surface area (Å²) in [5.41, 5.74) is 2.43. The summed E-state index contributed by atoms with van der Waals surface area (Å²) in [6, 6.07) is 5.90. The van der Waals surface area contributed by atoms with Gasteiger partial charge in [-0.3, -0.25) is 0 Å². The molecular weight excluding hydrogens is 134 g/mol. The summed E-state index contributed by atoms with van der Waals surface area (Å²) in [6.07, 6.45) is 0. The molecule has 2 heteroatoms. The smallest absolute Gasteiger partial charge is 0.0476 e. The van der Waals surface area contributed by atoms with E-state index in [1.165, 1.54) is 11.3 Å². The molecule has 1 aliphatic heterocycles. The average Bonchev–Trinajstić information content (AvgIpc) is 1.74. The summed E-state index contributed by atoms with van der Waals surface area (Å²) >= 11 is 5.83. The van der Waals surface area contributed by atoms with E-state index in [1.54, 1.807) is 0 Å². The SMILES string of the molecule is Clc1cccc2c1CN2. The van der Waals surface area contributed by atoms with Crippen LogP contribution in [0.4, 0.5) is 5.69 Å². The lowest BCUT2D eigenvalue weighted by molar-refractivity contribution is 1.05. The van der Waals surface area contributed by atoms with Gasteiger partial charge in [0.15, 0.2) is 0 Å². The van der Waals surface area contributed by atoms with E-state index in [9.17, 15) is 0 Å². The van der Waals surface area contributed by atoms with Crippen LogP contribution in [0.2, 0.25) is 5.02 Å². The molecule has 1 N–H and O–H groups in total. The molecular formula is C7H6ClN. The highest BCUT2D eigenvalue weighted by atomic mass is 35.5. The number of halogens is 1. The predicted molar refractivity (Wildman–Crippen MR) is 38.8 cm³/mol. The normalized spacial score (nSPS) is 13.4. The Hall–Kier alpha value is -0.690. The Morgan fingerprint density at radius 2 is 2.33 bits per heavy atom. The van der Waals surface area contributed by atoms with Crippen LogP contribution in [0.15, 0.2) is 18.2 Å². The maximum atomic E-state index is 5.83. The molecule has 0 radical (unpaired) electrons. The van der Waals surface area contributed by atoms with Crippen LogP contribution in [0, 0.1) is 0 Å². The highest BCUT2D eigenvalue weighted by Gasteiger charge is 2.13. The van der Waals surface area contributed by atoms with E-state index >= 15 is 0 Å². The molecule has 0 spiro atoms. The Kier molecular flexibility index (Phi) is 0.935. The molecule has 0 amide bonds. The van der Waals surface area contributed by atoms with Gasteiger partial charge in [-0.15, -0.1) is 0 Å². The minimum atomic E-state index is 0.881. The van der Waals surface area contributed by atoms with Crippen molar-refractivity contribution in [3.05, 3.63) is 28.8 Å². The van der Waals surface area contributed by atoms with Gasteiger partial charge in [-0.1, -0.05) is 17.7 Å². The predicted octanol–water partition coefficient (Wildman–Crippen LogP) is 2.27. The fourth-order valence-corrected chi connectivity index (χ4v) is 1.22. The number of anilines is 1. The van der Waals surface area contributed by atoms with E-state index < -0.39 is 0 Å². The molecule has 0 saturated carbocycles. The summed E-state index contributed by atoms with van der Waals surface area (Å²) in [7, 11) is 0. The molecule has 9 heavy (non-hydrogen) atoms. The van der Waals surface area contributed by atoms with Crippen molar-refractivity contribution >= 4 is 17.3 Å². The second kappa shape index (κ2) is 1.64. The van der Waals surface area contributed by atoms with Crippen molar-refractivity contribution in [1.29, 1.82) is 0 Å². The van der Waals surface area contributed by atoms with Crippen LogP contribution in [0.1, 0.15) is 5.56 Å². The lowest BCUT2D eigenvalue weighted by Crippen LogP contribution is -2.13.